The van der Waals surface area contributed by atoms with E-state index in [2.05, 4.69) is 9.72 Å². The van der Waals surface area contributed by atoms with Crippen LogP contribution in [0, 0.1) is 0 Å². The summed E-state index contributed by atoms with van der Waals surface area (Å²) in [4.78, 5) is 15.3. The summed E-state index contributed by atoms with van der Waals surface area (Å²) < 4.78 is 50.1. The van der Waals surface area contributed by atoms with Crippen molar-refractivity contribution in [3.05, 3.63) is 18.2 Å². The van der Waals surface area contributed by atoms with E-state index in [1.54, 1.807) is 0 Å². The molecule has 0 N–H and O–H groups in total. The summed E-state index contributed by atoms with van der Waals surface area (Å²) in [5.74, 6) is -1.23. The highest BCUT2D eigenvalue weighted by molar-refractivity contribution is 5.69. The standard InChI is InChI=1S/C13H17F3N2O3/c1-18-7-6-17-12(18)11(13(14,15)16)21-10(19)5-4-9-3-2-8-20-9/h6-7,9,11H,2-5,8H2,1H3. The molecule has 8 heteroatoms. The van der Waals surface area contributed by atoms with E-state index in [4.69, 9.17) is 4.74 Å². The molecule has 5 nitrogen and oxygen atoms in total. The van der Waals surface area contributed by atoms with Gasteiger partial charge in [-0.05, 0) is 19.3 Å². The maximum Gasteiger partial charge on any atom is 0.432 e. The minimum atomic E-state index is -4.70. The third-order valence-electron chi connectivity index (χ3n) is 3.33. The lowest BCUT2D eigenvalue weighted by molar-refractivity contribution is -0.226. The van der Waals surface area contributed by atoms with Gasteiger partial charge in [-0.15, -0.1) is 0 Å². The molecule has 1 saturated heterocycles. The number of hydrogen-bond donors (Lipinski definition) is 0. The third-order valence-corrected chi connectivity index (χ3v) is 3.33. The molecule has 1 aromatic rings. The molecule has 2 unspecified atom stereocenters. The highest BCUT2D eigenvalue weighted by Crippen LogP contribution is 2.35. The summed E-state index contributed by atoms with van der Waals surface area (Å²) in [5.41, 5.74) is 0. The van der Waals surface area contributed by atoms with E-state index in [0.717, 1.165) is 12.8 Å². The Hall–Kier alpha value is -1.57. The van der Waals surface area contributed by atoms with E-state index in [1.165, 1.54) is 24.0 Å². The summed E-state index contributed by atoms with van der Waals surface area (Å²) in [6, 6.07) is 0. The van der Waals surface area contributed by atoms with Gasteiger partial charge in [0.1, 0.15) is 0 Å². The second kappa shape index (κ2) is 6.46. The van der Waals surface area contributed by atoms with Gasteiger partial charge in [-0.1, -0.05) is 0 Å². The minimum absolute atomic E-state index is 0.0601. The van der Waals surface area contributed by atoms with Gasteiger partial charge in [-0.2, -0.15) is 13.2 Å². The predicted octanol–water partition coefficient (Wildman–Crippen LogP) is 2.53. The first-order valence-corrected chi connectivity index (χ1v) is 6.73. The van der Waals surface area contributed by atoms with Crippen molar-refractivity contribution in [2.75, 3.05) is 6.61 Å². The molecule has 21 heavy (non-hydrogen) atoms. The van der Waals surface area contributed by atoms with Crippen molar-refractivity contribution >= 4 is 5.97 Å². The van der Waals surface area contributed by atoms with Gasteiger partial charge in [0, 0.05) is 32.5 Å². The largest absolute Gasteiger partial charge is 0.444 e. The van der Waals surface area contributed by atoms with Crippen LogP contribution in [0.25, 0.3) is 0 Å². The number of hydrogen-bond acceptors (Lipinski definition) is 4. The zero-order valence-electron chi connectivity index (χ0n) is 11.6. The van der Waals surface area contributed by atoms with Crippen molar-refractivity contribution in [2.24, 2.45) is 7.05 Å². The fraction of sp³-hybridized carbons (Fsp3) is 0.692. The van der Waals surface area contributed by atoms with E-state index in [-0.39, 0.29) is 18.3 Å². The van der Waals surface area contributed by atoms with Crippen molar-refractivity contribution in [2.45, 2.75) is 44.1 Å². The Bertz CT molecular complexity index is 481. The van der Waals surface area contributed by atoms with Crippen molar-refractivity contribution in [3.8, 4) is 0 Å². The number of aromatic nitrogens is 2. The van der Waals surface area contributed by atoms with Crippen molar-refractivity contribution in [1.82, 2.24) is 9.55 Å². The van der Waals surface area contributed by atoms with Crippen LogP contribution in [0.15, 0.2) is 12.4 Å². The topological polar surface area (TPSA) is 53.4 Å². The van der Waals surface area contributed by atoms with Crippen molar-refractivity contribution in [1.29, 1.82) is 0 Å². The van der Waals surface area contributed by atoms with Crippen LogP contribution in [0.3, 0.4) is 0 Å². The number of ether oxygens (including phenoxy) is 2. The molecular formula is C13H17F3N2O3. The van der Waals surface area contributed by atoms with Crippen LogP contribution < -0.4 is 0 Å². The molecule has 0 aliphatic carbocycles. The van der Waals surface area contributed by atoms with Crippen LogP contribution in [-0.2, 0) is 21.3 Å². The summed E-state index contributed by atoms with van der Waals surface area (Å²) in [6.07, 6.45) is -2.47. The lowest BCUT2D eigenvalue weighted by Crippen LogP contribution is -2.28. The highest BCUT2D eigenvalue weighted by atomic mass is 19.4. The molecule has 1 aliphatic heterocycles. The Labute approximate surface area is 120 Å². The molecule has 0 spiro atoms. The number of imidazole rings is 1. The van der Waals surface area contributed by atoms with Crippen LogP contribution >= 0.6 is 0 Å². The molecule has 2 atom stereocenters. The normalized spacial score (nSPS) is 20.5. The zero-order chi connectivity index (χ0) is 15.5. The maximum absolute atomic E-state index is 13.0. The third kappa shape index (κ3) is 4.20. The van der Waals surface area contributed by atoms with Crippen LogP contribution in [0.1, 0.15) is 37.6 Å². The van der Waals surface area contributed by atoms with Crippen LogP contribution in [0.2, 0.25) is 0 Å². The summed E-state index contributed by atoms with van der Waals surface area (Å²) >= 11 is 0. The Morgan fingerprint density at radius 3 is 2.90 bits per heavy atom. The van der Waals surface area contributed by atoms with Crippen molar-refractivity contribution < 1.29 is 27.4 Å². The molecule has 0 saturated carbocycles. The quantitative estimate of drug-likeness (QED) is 0.784. The van der Waals surface area contributed by atoms with Gasteiger partial charge in [0.15, 0.2) is 5.82 Å². The Kier molecular flexibility index (Phi) is 4.87. The van der Waals surface area contributed by atoms with Gasteiger partial charge in [0.05, 0.1) is 6.10 Å². The Morgan fingerprint density at radius 1 is 1.62 bits per heavy atom. The van der Waals surface area contributed by atoms with Gasteiger partial charge < -0.3 is 14.0 Å². The molecule has 0 aromatic carbocycles. The molecule has 2 heterocycles. The highest BCUT2D eigenvalue weighted by Gasteiger charge is 2.46. The van der Waals surface area contributed by atoms with Crippen LogP contribution in [-0.4, -0.2) is 34.4 Å². The molecule has 1 aromatic heterocycles. The first kappa shape index (κ1) is 15.8. The Balaban J connectivity index is 1.95. The predicted molar refractivity (Wildman–Crippen MR) is 66.3 cm³/mol. The second-order valence-corrected chi connectivity index (χ2v) is 4.98. The fourth-order valence-corrected chi connectivity index (χ4v) is 2.24. The van der Waals surface area contributed by atoms with Crippen molar-refractivity contribution in [3.63, 3.8) is 0 Å². The summed E-state index contributed by atoms with van der Waals surface area (Å²) in [6.45, 7) is 0.637. The average Bonchev–Trinajstić information content (AvgIpc) is 3.03. The molecule has 0 bridgehead atoms. The second-order valence-electron chi connectivity index (χ2n) is 4.98. The Morgan fingerprint density at radius 2 is 2.38 bits per heavy atom. The maximum atomic E-state index is 13.0. The summed E-state index contributed by atoms with van der Waals surface area (Å²) in [7, 11) is 1.42. The molecule has 118 valence electrons. The number of halogens is 3. The fourth-order valence-electron chi connectivity index (χ4n) is 2.24. The molecule has 0 amide bonds. The van der Waals surface area contributed by atoms with Gasteiger partial charge >= 0.3 is 12.1 Å². The molecule has 2 rings (SSSR count). The molecule has 1 fully saturated rings. The smallest absolute Gasteiger partial charge is 0.432 e. The molecule has 0 radical (unpaired) electrons. The number of rotatable bonds is 5. The van der Waals surface area contributed by atoms with E-state index < -0.39 is 18.2 Å². The van der Waals surface area contributed by atoms with Crippen LogP contribution in [0.5, 0.6) is 0 Å². The molecule has 1 aliphatic rings. The summed E-state index contributed by atoms with van der Waals surface area (Å²) in [5, 5.41) is 0. The van der Waals surface area contributed by atoms with Gasteiger partial charge in [-0.3, -0.25) is 4.79 Å². The van der Waals surface area contributed by atoms with E-state index in [1.807, 2.05) is 0 Å². The van der Waals surface area contributed by atoms with E-state index in [9.17, 15) is 18.0 Å². The molecular weight excluding hydrogens is 289 g/mol. The SMILES string of the molecule is Cn1ccnc1C(OC(=O)CCC1CCCO1)C(F)(F)F. The van der Waals surface area contributed by atoms with E-state index >= 15 is 0 Å². The van der Waals surface area contributed by atoms with Crippen LogP contribution in [0.4, 0.5) is 13.2 Å². The number of esters is 1. The van der Waals surface area contributed by atoms with Gasteiger partial charge in [0.2, 0.25) is 0 Å². The van der Waals surface area contributed by atoms with Gasteiger partial charge in [-0.25, -0.2) is 4.98 Å². The number of nitrogens with zero attached hydrogens (tertiary/aromatic N) is 2. The lowest BCUT2D eigenvalue weighted by Gasteiger charge is -2.20. The number of aryl methyl sites for hydroxylation is 1. The minimum Gasteiger partial charge on any atom is -0.444 e. The number of carbonyl (C=O) groups excluding carboxylic acids is 1. The number of carbonyl (C=O) groups is 1. The average molecular weight is 306 g/mol. The first-order valence-electron chi connectivity index (χ1n) is 6.73. The first-order chi connectivity index (χ1) is 9.88. The van der Waals surface area contributed by atoms with Gasteiger partial charge in [0.25, 0.3) is 6.10 Å². The monoisotopic (exact) mass is 306 g/mol. The zero-order valence-corrected chi connectivity index (χ0v) is 11.6. The lowest BCUT2D eigenvalue weighted by atomic mass is 10.1. The van der Waals surface area contributed by atoms with E-state index in [0.29, 0.717) is 13.0 Å². The number of alkyl halides is 3.